The third kappa shape index (κ3) is 2.75. The van der Waals surface area contributed by atoms with Gasteiger partial charge in [-0.2, -0.15) is 0 Å². The van der Waals surface area contributed by atoms with E-state index >= 15 is 0 Å². The molecule has 0 aliphatic heterocycles. The Balaban J connectivity index is 2.14. The average molecular weight is 239 g/mol. The molecule has 1 aromatic heterocycles. The fraction of sp³-hybridized carbons (Fsp3) is 0.167. The van der Waals surface area contributed by atoms with E-state index in [0.717, 1.165) is 0 Å². The minimum atomic E-state index is -2.62. The Bertz CT molecular complexity index is 483. The summed E-state index contributed by atoms with van der Waals surface area (Å²) in [5.41, 5.74) is 5.52. The minimum Gasteiger partial charge on any atom is -0.485 e. The van der Waals surface area contributed by atoms with E-state index in [1.165, 1.54) is 24.5 Å². The lowest BCUT2D eigenvalue weighted by Crippen LogP contribution is -1.99. The lowest BCUT2D eigenvalue weighted by atomic mass is 10.2. The molecule has 0 unspecified atom stereocenters. The molecule has 0 radical (unpaired) electrons. The monoisotopic (exact) mass is 239 g/mol. The highest BCUT2D eigenvalue weighted by molar-refractivity contribution is 5.48. The molecule has 2 aromatic rings. The number of nitrogen functional groups attached to an aromatic ring is 1. The van der Waals surface area contributed by atoms with Gasteiger partial charge in [0.15, 0.2) is 0 Å². The van der Waals surface area contributed by atoms with Gasteiger partial charge in [0, 0.05) is 5.69 Å². The van der Waals surface area contributed by atoms with Crippen LogP contribution in [0.1, 0.15) is 17.7 Å². The quantitative estimate of drug-likeness (QED) is 0.832. The SMILES string of the molecule is Nc1ccc(OCc2ccco2)c(C(F)F)c1. The molecule has 1 heterocycles. The average Bonchev–Trinajstić information content (AvgIpc) is 2.80. The fourth-order valence-corrected chi connectivity index (χ4v) is 1.41. The maximum atomic E-state index is 12.7. The summed E-state index contributed by atoms with van der Waals surface area (Å²) in [6.07, 6.45) is -1.12. The molecule has 2 rings (SSSR count). The van der Waals surface area contributed by atoms with Gasteiger partial charge in [0.25, 0.3) is 6.43 Å². The second-order valence-electron chi connectivity index (χ2n) is 3.47. The van der Waals surface area contributed by atoms with Crippen LogP contribution in [0, 0.1) is 0 Å². The predicted octanol–water partition coefficient (Wildman–Crippen LogP) is 3.38. The maximum absolute atomic E-state index is 12.7. The van der Waals surface area contributed by atoms with Gasteiger partial charge in [0.05, 0.1) is 11.8 Å². The number of alkyl halides is 2. The topological polar surface area (TPSA) is 48.4 Å². The highest BCUT2D eigenvalue weighted by Crippen LogP contribution is 2.31. The van der Waals surface area contributed by atoms with Crippen LogP contribution in [0.25, 0.3) is 0 Å². The molecule has 0 bridgehead atoms. The second kappa shape index (κ2) is 4.86. The summed E-state index contributed by atoms with van der Waals surface area (Å²) in [6.45, 7) is 0.108. The van der Waals surface area contributed by atoms with E-state index in [9.17, 15) is 8.78 Å². The fourth-order valence-electron chi connectivity index (χ4n) is 1.41. The molecule has 17 heavy (non-hydrogen) atoms. The number of benzene rings is 1. The van der Waals surface area contributed by atoms with Crippen molar-refractivity contribution in [2.75, 3.05) is 5.73 Å². The largest absolute Gasteiger partial charge is 0.485 e. The van der Waals surface area contributed by atoms with Gasteiger partial charge in [0.1, 0.15) is 18.1 Å². The number of hydrogen-bond acceptors (Lipinski definition) is 3. The first-order valence-electron chi connectivity index (χ1n) is 4.99. The number of furan rings is 1. The van der Waals surface area contributed by atoms with Gasteiger partial charge >= 0.3 is 0 Å². The molecule has 0 amide bonds. The van der Waals surface area contributed by atoms with Gasteiger partial charge in [-0.3, -0.25) is 0 Å². The summed E-state index contributed by atoms with van der Waals surface area (Å²) < 4.78 is 35.7. The Morgan fingerprint density at radius 1 is 1.29 bits per heavy atom. The Hall–Kier alpha value is -2.04. The Labute approximate surface area is 96.8 Å². The highest BCUT2D eigenvalue weighted by atomic mass is 19.3. The van der Waals surface area contributed by atoms with Gasteiger partial charge < -0.3 is 14.9 Å². The zero-order valence-electron chi connectivity index (χ0n) is 8.90. The number of rotatable bonds is 4. The highest BCUT2D eigenvalue weighted by Gasteiger charge is 2.14. The van der Waals surface area contributed by atoms with Crippen molar-refractivity contribution >= 4 is 5.69 Å². The van der Waals surface area contributed by atoms with Crippen molar-refractivity contribution in [1.82, 2.24) is 0 Å². The van der Waals surface area contributed by atoms with Crippen LogP contribution in [0.2, 0.25) is 0 Å². The lowest BCUT2D eigenvalue weighted by molar-refractivity contribution is 0.143. The van der Waals surface area contributed by atoms with Crippen molar-refractivity contribution in [1.29, 1.82) is 0 Å². The first-order valence-corrected chi connectivity index (χ1v) is 4.99. The summed E-state index contributed by atoms with van der Waals surface area (Å²) in [4.78, 5) is 0. The molecule has 2 N–H and O–H groups in total. The molecule has 1 aromatic carbocycles. The predicted molar refractivity (Wildman–Crippen MR) is 58.9 cm³/mol. The molecule has 90 valence electrons. The zero-order valence-corrected chi connectivity index (χ0v) is 8.90. The molecule has 0 aliphatic rings. The van der Waals surface area contributed by atoms with Crippen LogP contribution < -0.4 is 10.5 Å². The van der Waals surface area contributed by atoms with E-state index in [1.807, 2.05) is 0 Å². The summed E-state index contributed by atoms with van der Waals surface area (Å²) in [6, 6.07) is 7.57. The molecule has 0 fully saturated rings. The van der Waals surface area contributed by atoms with Crippen LogP contribution in [0.4, 0.5) is 14.5 Å². The normalized spacial score (nSPS) is 10.8. The number of halogens is 2. The minimum absolute atomic E-state index is 0.108. The van der Waals surface area contributed by atoms with E-state index in [4.69, 9.17) is 14.9 Å². The van der Waals surface area contributed by atoms with Crippen molar-refractivity contribution in [2.45, 2.75) is 13.0 Å². The summed E-state index contributed by atoms with van der Waals surface area (Å²) in [5.74, 6) is 0.688. The van der Waals surface area contributed by atoms with Gasteiger partial charge in [-0.15, -0.1) is 0 Å². The molecule has 3 nitrogen and oxygen atoms in total. The van der Waals surface area contributed by atoms with Crippen molar-refractivity contribution in [3.05, 3.63) is 47.9 Å². The number of hydrogen-bond donors (Lipinski definition) is 1. The summed E-state index contributed by atoms with van der Waals surface area (Å²) >= 11 is 0. The van der Waals surface area contributed by atoms with Crippen LogP contribution >= 0.6 is 0 Å². The molecule has 5 heteroatoms. The zero-order chi connectivity index (χ0) is 12.3. The molecule has 0 atom stereocenters. The van der Waals surface area contributed by atoms with Crippen LogP contribution in [0.3, 0.4) is 0 Å². The van der Waals surface area contributed by atoms with E-state index in [-0.39, 0.29) is 23.6 Å². The Morgan fingerprint density at radius 3 is 2.76 bits per heavy atom. The molecular weight excluding hydrogens is 228 g/mol. The van der Waals surface area contributed by atoms with E-state index in [2.05, 4.69) is 0 Å². The van der Waals surface area contributed by atoms with Crippen LogP contribution in [0.5, 0.6) is 5.75 Å². The van der Waals surface area contributed by atoms with Gasteiger partial charge in [-0.05, 0) is 30.3 Å². The molecule has 0 saturated heterocycles. The van der Waals surface area contributed by atoms with E-state index in [0.29, 0.717) is 5.76 Å². The van der Waals surface area contributed by atoms with Crippen molar-refractivity contribution in [3.8, 4) is 5.75 Å². The molecule has 0 spiro atoms. The van der Waals surface area contributed by atoms with Gasteiger partial charge in [-0.1, -0.05) is 0 Å². The first-order chi connectivity index (χ1) is 8.16. The lowest BCUT2D eigenvalue weighted by Gasteiger charge is -2.10. The third-order valence-electron chi connectivity index (χ3n) is 2.22. The van der Waals surface area contributed by atoms with Crippen molar-refractivity contribution in [3.63, 3.8) is 0 Å². The summed E-state index contributed by atoms with van der Waals surface area (Å²) in [7, 11) is 0. The summed E-state index contributed by atoms with van der Waals surface area (Å²) in [5, 5.41) is 0. The molecular formula is C12H11F2NO2. The smallest absolute Gasteiger partial charge is 0.267 e. The Morgan fingerprint density at radius 2 is 2.12 bits per heavy atom. The van der Waals surface area contributed by atoms with E-state index in [1.54, 1.807) is 12.1 Å². The second-order valence-corrected chi connectivity index (χ2v) is 3.47. The van der Waals surface area contributed by atoms with Crippen molar-refractivity contribution in [2.24, 2.45) is 0 Å². The van der Waals surface area contributed by atoms with Gasteiger partial charge in [-0.25, -0.2) is 8.78 Å². The Kier molecular flexibility index (Phi) is 3.27. The van der Waals surface area contributed by atoms with Gasteiger partial charge in [0.2, 0.25) is 0 Å². The standard InChI is InChI=1S/C12H11F2NO2/c13-12(14)10-6-8(15)3-4-11(10)17-7-9-2-1-5-16-9/h1-6,12H,7,15H2. The number of ether oxygens (including phenoxy) is 1. The van der Waals surface area contributed by atoms with Crippen molar-refractivity contribution < 1.29 is 17.9 Å². The van der Waals surface area contributed by atoms with E-state index < -0.39 is 6.43 Å². The maximum Gasteiger partial charge on any atom is 0.267 e. The molecule has 0 saturated carbocycles. The molecule has 0 aliphatic carbocycles. The number of nitrogens with two attached hydrogens (primary N) is 1. The van der Waals surface area contributed by atoms with Crippen LogP contribution in [-0.4, -0.2) is 0 Å². The third-order valence-corrected chi connectivity index (χ3v) is 2.22. The number of anilines is 1. The first kappa shape index (κ1) is 11.4. The van der Waals surface area contributed by atoms with Crippen LogP contribution in [-0.2, 0) is 6.61 Å². The van der Waals surface area contributed by atoms with Crippen LogP contribution in [0.15, 0.2) is 41.0 Å².